The molecule has 0 unspecified atom stereocenters. The fraction of sp³-hybridized carbons (Fsp3) is 1.00. The fourth-order valence-electron chi connectivity index (χ4n) is 2.21. The van der Waals surface area contributed by atoms with E-state index in [1.807, 2.05) is 0 Å². The van der Waals surface area contributed by atoms with Crippen LogP contribution in [0.15, 0.2) is 0 Å². The Labute approximate surface area is 86.2 Å². The normalized spacial score (nSPS) is 30.4. The number of ether oxygens (including phenoxy) is 2. The summed E-state index contributed by atoms with van der Waals surface area (Å²) < 4.78 is 11.0. The first-order chi connectivity index (χ1) is 6.95. The van der Waals surface area contributed by atoms with Gasteiger partial charge in [0.25, 0.3) is 0 Å². The van der Waals surface area contributed by atoms with Crippen LogP contribution in [0.25, 0.3) is 0 Å². The lowest BCUT2D eigenvalue weighted by Crippen LogP contribution is -2.35. The number of hydrogen-bond donors (Lipinski definition) is 1. The van der Waals surface area contributed by atoms with Crippen LogP contribution in [0.4, 0.5) is 0 Å². The van der Waals surface area contributed by atoms with Gasteiger partial charge in [0.1, 0.15) is 0 Å². The largest absolute Gasteiger partial charge is 0.353 e. The van der Waals surface area contributed by atoms with Crippen molar-refractivity contribution < 1.29 is 9.47 Å². The average Bonchev–Trinajstić information content (AvgIpc) is 2.29. The maximum atomic E-state index is 5.52. The topological polar surface area (TPSA) is 30.5 Å². The summed E-state index contributed by atoms with van der Waals surface area (Å²) in [6, 6.07) is 0.706. The third-order valence-corrected chi connectivity index (χ3v) is 3.06. The third kappa shape index (κ3) is 3.23. The molecule has 0 spiro atoms. The van der Waals surface area contributed by atoms with Crippen LogP contribution >= 0.6 is 0 Å². The first kappa shape index (κ1) is 10.4. The van der Waals surface area contributed by atoms with Crippen LogP contribution in [0.1, 0.15) is 38.5 Å². The lowest BCUT2D eigenvalue weighted by molar-refractivity contribution is -0.182. The standard InChI is InChI=1S/C11H21NO2/c1-2-7-12-10(4-1)5-6-11-13-8-3-9-14-11/h10-12H,1-9H2/t10-/m1/s1. The Morgan fingerprint density at radius 3 is 2.57 bits per heavy atom. The van der Waals surface area contributed by atoms with Gasteiger partial charge in [0.2, 0.25) is 0 Å². The van der Waals surface area contributed by atoms with Gasteiger partial charge < -0.3 is 14.8 Å². The summed E-state index contributed by atoms with van der Waals surface area (Å²) in [5, 5.41) is 3.55. The molecule has 2 aliphatic rings. The highest BCUT2D eigenvalue weighted by Gasteiger charge is 2.18. The van der Waals surface area contributed by atoms with Crippen molar-refractivity contribution >= 4 is 0 Å². The van der Waals surface area contributed by atoms with Gasteiger partial charge in [0, 0.05) is 6.04 Å². The second-order valence-corrected chi connectivity index (χ2v) is 4.25. The molecule has 0 amide bonds. The maximum Gasteiger partial charge on any atom is 0.157 e. The molecule has 2 heterocycles. The predicted molar refractivity (Wildman–Crippen MR) is 55.2 cm³/mol. The quantitative estimate of drug-likeness (QED) is 0.750. The van der Waals surface area contributed by atoms with Crippen molar-refractivity contribution in [3.05, 3.63) is 0 Å². The van der Waals surface area contributed by atoms with Gasteiger partial charge in [-0.25, -0.2) is 0 Å². The summed E-state index contributed by atoms with van der Waals surface area (Å²) in [7, 11) is 0. The summed E-state index contributed by atoms with van der Waals surface area (Å²) in [6.07, 6.45) is 7.43. The minimum Gasteiger partial charge on any atom is -0.353 e. The molecule has 2 rings (SSSR count). The summed E-state index contributed by atoms with van der Waals surface area (Å²) in [4.78, 5) is 0. The number of nitrogens with one attached hydrogen (secondary N) is 1. The molecule has 0 aromatic rings. The molecule has 82 valence electrons. The Hall–Kier alpha value is -0.120. The highest BCUT2D eigenvalue weighted by Crippen LogP contribution is 2.16. The zero-order valence-corrected chi connectivity index (χ0v) is 8.84. The zero-order chi connectivity index (χ0) is 9.64. The molecule has 3 heteroatoms. The van der Waals surface area contributed by atoms with Crippen molar-refractivity contribution in [3.8, 4) is 0 Å². The number of hydrogen-bond acceptors (Lipinski definition) is 3. The van der Waals surface area contributed by atoms with E-state index in [9.17, 15) is 0 Å². The van der Waals surface area contributed by atoms with E-state index in [-0.39, 0.29) is 6.29 Å². The zero-order valence-electron chi connectivity index (χ0n) is 8.84. The van der Waals surface area contributed by atoms with Crippen molar-refractivity contribution in [1.82, 2.24) is 5.32 Å². The molecule has 1 N–H and O–H groups in total. The lowest BCUT2D eigenvalue weighted by atomic mass is 10.0. The first-order valence-corrected chi connectivity index (χ1v) is 5.92. The highest BCUT2D eigenvalue weighted by molar-refractivity contribution is 4.72. The molecule has 0 bridgehead atoms. The van der Waals surface area contributed by atoms with Gasteiger partial charge in [0.15, 0.2) is 6.29 Å². The van der Waals surface area contributed by atoms with Crippen LogP contribution in [0, 0.1) is 0 Å². The molecular formula is C11H21NO2. The van der Waals surface area contributed by atoms with Gasteiger partial charge in [0.05, 0.1) is 13.2 Å². The van der Waals surface area contributed by atoms with E-state index in [1.165, 1.54) is 32.2 Å². The number of piperidine rings is 1. The summed E-state index contributed by atoms with van der Waals surface area (Å²) >= 11 is 0. The van der Waals surface area contributed by atoms with Crippen LogP contribution < -0.4 is 5.32 Å². The van der Waals surface area contributed by atoms with Gasteiger partial charge in [-0.1, -0.05) is 6.42 Å². The Morgan fingerprint density at radius 2 is 1.86 bits per heavy atom. The van der Waals surface area contributed by atoms with E-state index in [2.05, 4.69) is 5.32 Å². The van der Waals surface area contributed by atoms with E-state index < -0.39 is 0 Å². The first-order valence-electron chi connectivity index (χ1n) is 5.92. The second-order valence-electron chi connectivity index (χ2n) is 4.25. The van der Waals surface area contributed by atoms with Gasteiger partial charge in [-0.15, -0.1) is 0 Å². The van der Waals surface area contributed by atoms with Crippen molar-refractivity contribution in [3.63, 3.8) is 0 Å². The van der Waals surface area contributed by atoms with Crippen LogP contribution in [-0.2, 0) is 9.47 Å². The summed E-state index contributed by atoms with van der Waals surface area (Å²) in [5.74, 6) is 0. The molecular weight excluding hydrogens is 178 g/mol. The van der Waals surface area contributed by atoms with Crippen molar-refractivity contribution in [2.45, 2.75) is 50.9 Å². The predicted octanol–water partition coefficient (Wildman–Crippen LogP) is 1.67. The van der Waals surface area contributed by atoms with Crippen molar-refractivity contribution in [1.29, 1.82) is 0 Å². The molecule has 2 fully saturated rings. The molecule has 2 aliphatic heterocycles. The average molecular weight is 199 g/mol. The van der Waals surface area contributed by atoms with Crippen LogP contribution in [0.2, 0.25) is 0 Å². The monoisotopic (exact) mass is 199 g/mol. The Balaban J connectivity index is 1.60. The molecule has 14 heavy (non-hydrogen) atoms. The highest BCUT2D eigenvalue weighted by atomic mass is 16.7. The fourth-order valence-corrected chi connectivity index (χ4v) is 2.21. The summed E-state index contributed by atoms with van der Waals surface area (Å²) in [5.41, 5.74) is 0. The van der Waals surface area contributed by atoms with Crippen molar-refractivity contribution in [2.24, 2.45) is 0 Å². The van der Waals surface area contributed by atoms with E-state index in [4.69, 9.17) is 9.47 Å². The minimum absolute atomic E-state index is 0.0764. The SMILES string of the molecule is C1CC[C@H](CCC2OCCCO2)NC1. The molecule has 0 aromatic heterocycles. The molecule has 3 nitrogen and oxygen atoms in total. The van der Waals surface area contributed by atoms with Crippen LogP contribution in [-0.4, -0.2) is 32.1 Å². The Morgan fingerprint density at radius 1 is 1.00 bits per heavy atom. The van der Waals surface area contributed by atoms with Gasteiger partial charge in [-0.3, -0.25) is 0 Å². The summed E-state index contributed by atoms with van der Waals surface area (Å²) in [6.45, 7) is 2.95. The van der Waals surface area contributed by atoms with E-state index in [0.717, 1.165) is 26.1 Å². The van der Waals surface area contributed by atoms with Crippen molar-refractivity contribution in [2.75, 3.05) is 19.8 Å². The Kier molecular flexibility index (Phi) is 4.22. The number of rotatable bonds is 3. The van der Waals surface area contributed by atoms with E-state index in [1.54, 1.807) is 0 Å². The maximum absolute atomic E-state index is 5.52. The van der Waals surface area contributed by atoms with Crippen LogP contribution in [0.3, 0.4) is 0 Å². The minimum atomic E-state index is 0.0764. The molecule has 0 aromatic carbocycles. The second kappa shape index (κ2) is 5.69. The van der Waals surface area contributed by atoms with E-state index >= 15 is 0 Å². The molecule has 1 atom stereocenters. The smallest absolute Gasteiger partial charge is 0.157 e. The third-order valence-electron chi connectivity index (χ3n) is 3.06. The molecule has 2 saturated heterocycles. The van der Waals surface area contributed by atoms with E-state index in [0.29, 0.717) is 6.04 Å². The lowest BCUT2D eigenvalue weighted by Gasteiger charge is -2.27. The Bertz CT molecular complexity index is 133. The van der Waals surface area contributed by atoms with Gasteiger partial charge >= 0.3 is 0 Å². The van der Waals surface area contributed by atoms with Gasteiger partial charge in [-0.2, -0.15) is 0 Å². The molecule has 0 aliphatic carbocycles. The molecule has 0 radical (unpaired) electrons. The van der Waals surface area contributed by atoms with Gasteiger partial charge in [-0.05, 0) is 38.6 Å². The molecule has 0 saturated carbocycles. The van der Waals surface area contributed by atoms with Crippen LogP contribution in [0.5, 0.6) is 0 Å².